The minimum Gasteiger partial charge on any atom is -0.469 e. The fourth-order valence-corrected chi connectivity index (χ4v) is 3.42. The Morgan fingerprint density at radius 1 is 0.971 bits per heavy atom. The Balaban J connectivity index is 1.70. The molecule has 176 valence electrons. The predicted octanol–water partition coefficient (Wildman–Crippen LogP) is 5.38. The number of hydrogen-bond donors (Lipinski definition) is 1. The standard InChI is InChI=1S/C24H20Cl2N2O6/c1-33-23(29)13-16-4-8-21(19(26)12-16)34-22-9-5-17(14-20(22)28(31)32)24(30)27-11-10-15-2-6-18(25)7-3-15/h2-9,12,14H,10-11,13H2,1H3,(H,27,30). The number of esters is 1. The molecule has 0 saturated carbocycles. The molecule has 0 aliphatic rings. The molecule has 3 aromatic rings. The summed E-state index contributed by atoms with van der Waals surface area (Å²) in [5.41, 5.74) is 1.33. The molecule has 0 atom stereocenters. The third-order valence-electron chi connectivity index (χ3n) is 4.82. The summed E-state index contributed by atoms with van der Waals surface area (Å²) in [5.74, 6) is -0.792. The normalized spacial score (nSPS) is 10.4. The highest BCUT2D eigenvalue weighted by Gasteiger charge is 2.20. The maximum absolute atomic E-state index is 12.5. The lowest BCUT2D eigenvalue weighted by Crippen LogP contribution is -2.25. The topological polar surface area (TPSA) is 108 Å². The molecule has 8 nitrogen and oxygen atoms in total. The van der Waals surface area contributed by atoms with Crippen molar-refractivity contribution in [1.82, 2.24) is 5.32 Å². The Kier molecular flexibility index (Phi) is 8.45. The molecule has 0 spiro atoms. The molecule has 10 heteroatoms. The average molecular weight is 503 g/mol. The van der Waals surface area contributed by atoms with E-state index in [2.05, 4.69) is 10.1 Å². The molecule has 34 heavy (non-hydrogen) atoms. The van der Waals surface area contributed by atoms with E-state index in [-0.39, 0.29) is 34.2 Å². The summed E-state index contributed by atoms with van der Waals surface area (Å²) in [6.07, 6.45) is 0.606. The summed E-state index contributed by atoms with van der Waals surface area (Å²) in [5, 5.41) is 15.1. The largest absolute Gasteiger partial charge is 0.469 e. The van der Waals surface area contributed by atoms with Crippen LogP contribution in [0.4, 0.5) is 5.69 Å². The Bertz CT molecular complexity index is 1210. The van der Waals surface area contributed by atoms with Gasteiger partial charge < -0.3 is 14.8 Å². The van der Waals surface area contributed by atoms with Crippen molar-refractivity contribution >= 4 is 40.8 Å². The van der Waals surface area contributed by atoms with E-state index in [0.717, 1.165) is 11.6 Å². The lowest BCUT2D eigenvalue weighted by Gasteiger charge is -2.11. The van der Waals surface area contributed by atoms with Crippen molar-refractivity contribution < 1.29 is 24.0 Å². The highest BCUT2D eigenvalue weighted by molar-refractivity contribution is 6.32. The molecule has 0 heterocycles. The van der Waals surface area contributed by atoms with Gasteiger partial charge in [0, 0.05) is 23.2 Å². The number of amides is 1. The number of hydrogen-bond acceptors (Lipinski definition) is 6. The van der Waals surface area contributed by atoms with E-state index >= 15 is 0 Å². The molecule has 3 rings (SSSR count). The van der Waals surface area contributed by atoms with E-state index in [1.165, 1.54) is 31.4 Å². The zero-order valence-corrected chi connectivity index (χ0v) is 19.6. The number of methoxy groups -OCH3 is 1. The number of nitrogens with zero attached hydrogens (tertiary/aromatic N) is 1. The number of carbonyl (C=O) groups excluding carboxylic acids is 2. The fourth-order valence-electron chi connectivity index (χ4n) is 3.06. The second-order valence-electron chi connectivity index (χ2n) is 7.19. The summed E-state index contributed by atoms with van der Waals surface area (Å²) in [6, 6.07) is 15.8. The van der Waals surface area contributed by atoms with Gasteiger partial charge in [-0.25, -0.2) is 0 Å². The van der Waals surface area contributed by atoms with Gasteiger partial charge in [0.15, 0.2) is 0 Å². The van der Waals surface area contributed by atoms with Crippen molar-refractivity contribution in [2.24, 2.45) is 0 Å². The van der Waals surface area contributed by atoms with Gasteiger partial charge in [0.25, 0.3) is 5.91 Å². The Morgan fingerprint density at radius 3 is 2.29 bits per heavy atom. The molecule has 0 fully saturated rings. The number of halogens is 2. The number of ether oxygens (including phenoxy) is 2. The third kappa shape index (κ3) is 6.69. The lowest BCUT2D eigenvalue weighted by atomic mass is 10.1. The van der Waals surface area contributed by atoms with E-state index in [1.807, 2.05) is 12.1 Å². The molecule has 0 aliphatic carbocycles. The van der Waals surface area contributed by atoms with Crippen LogP contribution in [0.5, 0.6) is 11.5 Å². The van der Waals surface area contributed by atoms with Crippen molar-refractivity contribution in [2.75, 3.05) is 13.7 Å². The van der Waals surface area contributed by atoms with Crippen molar-refractivity contribution in [3.05, 3.63) is 97.5 Å². The third-order valence-corrected chi connectivity index (χ3v) is 5.37. The van der Waals surface area contributed by atoms with Crippen LogP contribution < -0.4 is 10.1 Å². The lowest BCUT2D eigenvalue weighted by molar-refractivity contribution is -0.385. The predicted molar refractivity (Wildman–Crippen MR) is 128 cm³/mol. The van der Waals surface area contributed by atoms with Crippen LogP contribution in [0, 0.1) is 10.1 Å². The van der Waals surface area contributed by atoms with Gasteiger partial charge in [0.1, 0.15) is 5.75 Å². The number of carbonyl (C=O) groups is 2. The van der Waals surface area contributed by atoms with Gasteiger partial charge in [0.05, 0.1) is 23.5 Å². The fraction of sp³-hybridized carbons (Fsp3) is 0.167. The van der Waals surface area contributed by atoms with Crippen molar-refractivity contribution in [3.8, 4) is 11.5 Å². The zero-order chi connectivity index (χ0) is 24.7. The minimum atomic E-state index is -0.640. The summed E-state index contributed by atoms with van der Waals surface area (Å²) in [6.45, 7) is 0.347. The molecule has 0 aromatic heterocycles. The molecular formula is C24H20Cl2N2O6. The highest BCUT2D eigenvalue weighted by atomic mass is 35.5. The zero-order valence-electron chi connectivity index (χ0n) is 18.0. The van der Waals surface area contributed by atoms with Crippen LogP contribution in [-0.4, -0.2) is 30.5 Å². The van der Waals surface area contributed by atoms with Crippen molar-refractivity contribution in [1.29, 1.82) is 0 Å². The molecular weight excluding hydrogens is 483 g/mol. The van der Waals surface area contributed by atoms with Gasteiger partial charge >= 0.3 is 11.7 Å². The highest BCUT2D eigenvalue weighted by Crippen LogP contribution is 2.36. The quantitative estimate of drug-likeness (QED) is 0.239. The van der Waals surface area contributed by atoms with Crippen LogP contribution in [0.1, 0.15) is 21.5 Å². The second-order valence-corrected chi connectivity index (χ2v) is 8.04. The van der Waals surface area contributed by atoms with E-state index in [0.29, 0.717) is 23.6 Å². The van der Waals surface area contributed by atoms with Crippen molar-refractivity contribution in [3.63, 3.8) is 0 Å². The smallest absolute Gasteiger partial charge is 0.312 e. The number of rotatable bonds is 9. The van der Waals surface area contributed by atoms with Crippen LogP contribution >= 0.6 is 23.2 Å². The van der Waals surface area contributed by atoms with Crippen LogP contribution in [0.25, 0.3) is 0 Å². The molecule has 1 N–H and O–H groups in total. The number of benzene rings is 3. The summed E-state index contributed by atoms with van der Waals surface area (Å²) in [7, 11) is 1.28. The Labute approximate surface area is 205 Å². The van der Waals surface area contributed by atoms with E-state index in [1.54, 1.807) is 18.2 Å². The Morgan fingerprint density at radius 2 is 1.65 bits per heavy atom. The van der Waals surface area contributed by atoms with Crippen molar-refractivity contribution in [2.45, 2.75) is 12.8 Å². The number of nitro groups is 1. The van der Waals surface area contributed by atoms with Gasteiger partial charge in [0.2, 0.25) is 5.75 Å². The summed E-state index contributed by atoms with van der Waals surface area (Å²) >= 11 is 12.1. The molecule has 0 saturated heterocycles. The summed E-state index contributed by atoms with van der Waals surface area (Å²) in [4.78, 5) is 34.9. The SMILES string of the molecule is COC(=O)Cc1ccc(Oc2ccc(C(=O)NCCc3ccc(Cl)cc3)cc2[N+](=O)[O-])c(Cl)c1. The van der Waals surface area contributed by atoms with Gasteiger partial charge in [-0.1, -0.05) is 41.4 Å². The molecule has 0 aliphatic heterocycles. The number of nitro benzene ring substituents is 1. The molecule has 0 bridgehead atoms. The molecule has 1 amide bonds. The van der Waals surface area contributed by atoms with Crippen LogP contribution in [-0.2, 0) is 22.4 Å². The first kappa shape index (κ1) is 25.0. The molecule has 0 radical (unpaired) electrons. The van der Waals surface area contributed by atoms with Gasteiger partial charge in [-0.2, -0.15) is 0 Å². The van der Waals surface area contributed by atoms with Crippen LogP contribution in [0.2, 0.25) is 10.0 Å². The van der Waals surface area contributed by atoms with E-state index in [9.17, 15) is 19.7 Å². The Hall–Kier alpha value is -3.62. The minimum absolute atomic E-state index is 0.0263. The van der Waals surface area contributed by atoms with Crippen LogP contribution in [0.3, 0.4) is 0 Å². The first-order valence-electron chi connectivity index (χ1n) is 10.1. The van der Waals surface area contributed by atoms with E-state index < -0.39 is 16.8 Å². The van der Waals surface area contributed by atoms with Gasteiger partial charge in [-0.15, -0.1) is 0 Å². The van der Waals surface area contributed by atoms with Gasteiger partial charge in [-0.05, 0) is 53.9 Å². The molecule has 0 unspecified atom stereocenters. The first-order chi connectivity index (χ1) is 16.3. The van der Waals surface area contributed by atoms with E-state index in [4.69, 9.17) is 27.9 Å². The first-order valence-corrected chi connectivity index (χ1v) is 10.9. The molecule has 3 aromatic carbocycles. The average Bonchev–Trinajstić information content (AvgIpc) is 2.82. The van der Waals surface area contributed by atoms with Crippen LogP contribution in [0.15, 0.2) is 60.7 Å². The maximum atomic E-state index is 12.5. The maximum Gasteiger partial charge on any atom is 0.312 e. The monoisotopic (exact) mass is 502 g/mol. The second kappa shape index (κ2) is 11.5. The summed E-state index contributed by atoms with van der Waals surface area (Å²) < 4.78 is 10.3. The number of nitrogens with one attached hydrogen (secondary N) is 1. The van der Waals surface area contributed by atoms with Gasteiger partial charge in [-0.3, -0.25) is 19.7 Å².